The van der Waals surface area contributed by atoms with E-state index in [1.54, 1.807) is 12.1 Å². The minimum absolute atomic E-state index is 0.0995. The van der Waals surface area contributed by atoms with E-state index in [9.17, 15) is 13.6 Å². The highest BCUT2D eigenvalue weighted by molar-refractivity contribution is 5.68. The Morgan fingerprint density at radius 1 is 1.47 bits per heavy atom. The number of rotatable bonds is 3. The van der Waals surface area contributed by atoms with E-state index in [0.29, 0.717) is 0 Å². The van der Waals surface area contributed by atoms with Gasteiger partial charge in [-0.25, -0.2) is 13.6 Å². The molecule has 0 N–H and O–H groups in total. The van der Waals surface area contributed by atoms with Crippen molar-refractivity contribution >= 4 is 6.09 Å². The molecule has 0 spiro atoms. The van der Waals surface area contributed by atoms with Crippen LogP contribution in [0.2, 0.25) is 0 Å². The Bertz CT molecular complexity index is 408. The Morgan fingerprint density at radius 2 is 2.06 bits per heavy atom. The predicted molar refractivity (Wildman–Crippen MR) is 57.7 cm³/mol. The lowest BCUT2D eigenvalue weighted by molar-refractivity contribution is 0.0605. The maximum absolute atomic E-state index is 12.7. The van der Waals surface area contributed by atoms with Gasteiger partial charge in [-0.15, -0.1) is 0 Å². The van der Waals surface area contributed by atoms with Gasteiger partial charge < -0.3 is 9.64 Å². The van der Waals surface area contributed by atoms with Gasteiger partial charge in [0.15, 0.2) is 0 Å². The molecule has 0 bridgehead atoms. The van der Waals surface area contributed by atoms with Crippen molar-refractivity contribution in [3.05, 3.63) is 35.9 Å². The number of halogens is 2. The van der Waals surface area contributed by atoms with Crippen LogP contribution in [0.25, 0.3) is 0 Å². The summed E-state index contributed by atoms with van der Waals surface area (Å²) in [5.74, 6) is -2.75. The number of alkyl halides is 2. The van der Waals surface area contributed by atoms with Crippen molar-refractivity contribution in [2.45, 2.75) is 25.0 Å². The standard InChI is InChI=1S/C12H13F2NO2/c1-15(10-7-12(10,13)14)11(16)17-8-9-5-3-2-4-6-9/h2-6,10H,7-8H2,1H3/t10-/m1/s1. The van der Waals surface area contributed by atoms with E-state index in [0.717, 1.165) is 10.5 Å². The number of nitrogens with zero attached hydrogens (tertiary/aromatic N) is 1. The van der Waals surface area contributed by atoms with E-state index < -0.39 is 18.1 Å². The van der Waals surface area contributed by atoms with Crippen LogP contribution < -0.4 is 0 Å². The summed E-state index contributed by atoms with van der Waals surface area (Å²) in [6.45, 7) is 0.0995. The summed E-state index contributed by atoms with van der Waals surface area (Å²) in [5.41, 5.74) is 0.830. The topological polar surface area (TPSA) is 29.5 Å². The highest BCUT2D eigenvalue weighted by Crippen LogP contribution is 2.45. The number of hydrogen-bond acceptors (Lipinski definition) is 2. The molecule has 1 fully saturated rings. The monoisotopic (exact) mass is 241 g/mol. The molecule has 1 aromatic rings. The number of benzene rings is 1. The molecule has 0 heterocycles. The van der Waals surface area contributed by atoms with Crippen LogP contribution in [-0.4, -0.2) is 30.0 Å². The third-order valence-electron chi connectivity index (χ3n) is 2.75. The molecule has 1 aliphatic carbocycles. The van der Waals surface area contributed by atoms with Crippen molar-refractivity contribution in [2.24, 2.45) is 0 Å². The molecular weight excluding hydrogens is 228 g/mol. The molecule has 3 nitrogen and oxygen atoms in total. The van der Waals surface area contributed by atoms with E-state index in [1.807, 2.05) is 18.2 Å². The number of amides is 1. The van der Waals surface area contributed by atoms with E-state index in [-0.39, 0.29) is 13.0 Å². The Labute approximate surface area is 98.0 Å². The lowest BCUT2D eigenvalue weighted by Gasteiger charge is -2.16. The van der Waals surface area contributed by atoms with Gasteiger partial charge in [-0.3, -0.25) is 0 Å². The molecule has 17 heavy (non-hydrogen) atoms. The molecule has 0 unspecified atom stereocenters. The number of ether oxygens (including phenoxy) is 1. The maximum atomic E-state index is 12.7. The van der Waals surface area contributed by atoms with Gasteiger partial charge in [0, 0.05) is 13.5 Å². The molecule has 0 aromatic heterocycles. The lowest BCUT2D eigenvalue weighted by Crippen LogP contribution is -2.32. The van der Waals surface area contributed by atoms with Gasteiger partial charge in [0.2, 0.25) is 0 Å². The van der Waals surface area contributed by atoms with Gasteiger partial charge in [0.1, 0.15) is 12.6 Å². The number of hydrogen-bond donors (Lipinski definition) is 0. The largest absolute Gasteiger partial charge is 0.445 e. The van der Waals surface area contributed by atoms with Crippen LogP contribution in [0.5, 0.6) is 0 Å². The Kier molecular flexibility index (Phi) is 3.00. The van der Waals surface area contributed by atoms with Gasteiger partial charge >= 0.3 is 6.09 Å². The Hall–Kier alpha value is -1.65. The second-order valence-electron chi connectivity index (χ2n) is 4.13. The summed E-state index contributed by atoms with van der Waals surface area (Å²) >= 11 is 0. The average Bonchev–Trinajstić information content (AvgIpc) is 2.96. The molecule has 1 atom stereocenters. The van der Waals surface area contributed by atoms with Crippen molar-refractivity contribution in [1.82, 2.24) is 4.90 Å². The van der Waals surface area contributed by atoms with Crippen molar-refractivity contribution < 1.29 is 18.3 Å². The molecule has 0 aliphatic heterocycles. The molecule has 1 saturated carbocycles. The summed E-state index contributed by atoms with van der Waals surface area (Å²) in [6.07, 6.45) is -0.986. The van der Waals surface area contributed by atoms with Gasteiger partial charge in [-0.05, 0) is 5.56 Å². The molecule has 2 rings (SSSR count). The first-order valence-electron chi connectivity index (χ1n) is 5.32. The first-order chi connectivity index (χ1) is 8.00. The van der Waals surface area contributed by atoms with Crippen molar-refractivity contribution in [3.8, 4) is 0 Å². The lowest BCUT2D eigenvalue weighted by atomic mass is 10.2. The van der Waals surface area contributed by atoms with Crippen molar-refractivity contribution in [2.75, 3.05) is 7.05 Å². The molecule has 0 radical (unpaired) electrons. The quantitative estimate of drug-likeness (QED) is 0.814. The smallest absolute Gasteiger partial charge is 0.410 e. The van der Waals surface area contributed by atoms with E-state index in [4.69, 9.17) is 4.74 Å². The van der Waals surface area contributed by atoms with Crippen LogP contribution in [0.4, 0.5) is 13.6 Å². The zero-order valence-corrected chi connectivity index (χ0v) is 9.40. The summed E-state index contributed by atoms with van der Waals surface area (Å²) in [6, 6.07) is 8.09. The molecule has 1 aromatic carbocycles. The fourth-order valence-electron chi connectivity index (χ4n) is 1.57. The third kappa shape index (κ3) is 2.72. The fraction of sp³-hybridized carbons (Fsp3) is 0.417. The zero-order chi connectivity index (χ0) is 12.5. The zero-order valence-electron chi connectivity index (χ0n) is 9.40. The van der Waals surface area contributed by atoms with E-state index >= 15 is 0 Å². The van der Waals surface area contributed by atoms with Crippen molar-refractivity contribution in [3.63, 3.8) is 0 Å². The molecule has 5 heteroatoms. The van der Waals surface area contributed by atoms with Gasteiger partial charge in [-0.1, -0.05) is 30.3 Å². The minimum atomic E-state index is -2.75. The van der Waals surface area contributed by atoms with Crippen LogP contribution >= 0.6 is 0 Å². The van der Waals surface area contributed by atoms with E-state index in [2.05, 4.69) is 0 Å². The highest BCUT2D eigenvalue weighted by atomic mass is 19.3. The number of carbonyl (C=O) groups excluding carboxylic acids is 1. The normalized spacial score (nSPS) is 20.8. The van der Waals surface area contributed by atoms with Gasteiger partial charge in [-0.2, -0.15) is 0 Å². The van der Waals surface area contributed by atoms with Crippen LogP contribution in [-0.2, 0) is 11.3 Å². The summed E-state index contributed by atoms with van der Waals surface area (Å²) in [4.78, 5) is 12.4. The van der Waals surface area contributed by atoms with Crippen LogP contribution in [0.1, 0.15) is 12.0 Å². The second kappa shape index (κ2) is 4.31. The van der Waals surface area contributed by atoms with Crippen LogP contribution in [0.15, 0.2) is 30.3 Å². The first-order valence-corrected chi connectivity index (χ1v) is 5.32. The fourth-order valence-corrected chi connectivity index (χ4v) is 1.57. The highest BCUT2D eigenvalue weighted by Gasteiger charge is 2.60. The molecule has 92 valence electrons. The Balaban J connectivity index is 1.82. The minimum Gasteiger partial charge on any atom is -0.445 e. The maximum Gasteiger partial charge on any atom is 0.410 e. The third-order valence-corrected chi connectivity index (χ3v) is 2.75. The first kappa shape index (κ1) is 11.8. The predicted octanol–water partition coefficient (Wildman–Crippen LogP) is 2.66. The molecule has 0 saturated heterocycles. The summed E-state index contributed by atoms with van der Waals surface area (Å²) in [7, 11) is 1.33. The molecule has 1 amide bonds. The average molecular weight is 241 g/mol. The summed E-state index contributed by atoms with van der Waals surface area (Å²) in [5, 5.41) is 0. The molecule has 1 aliphatic rings. The Morgan fingerprint density at radius 3 is 2.59 bits per heavy atom. The van der Waals surface area contributed by atoms with Crippen molar-refractivity contribution in [1.29, 1.82) is 0 Å². The van der Waals surface area contributed by atoms with E-state index in [1.165, 1.54) is 7.05 Å². The van der Waals surface area contributed by atoms with Gasteiger partial charge in [0.25, 0.3) is 5.92 Å². The van der Waals surface area contributed by atoms with Crippen LogP contribution in [0, 0.1) is 0 Å². The molecular formula is C12H13F2NO2. The second-order valence-corrected chi connectivity index (χ2v) is 4.13. The SMILES string of the molecule is CN(C(=O)OCc1ccccc1)[C@@H]1CC1(F)F. The van der Waals surface area contributed by atoms with Crippen LogP contribution in [0.3, 0.4) is 0 Å². The van der Waals surface area contributed by atoms with Gasteiger partial charge in [0.05, 0.1) is 0 Å². The summed E-state index contributed by atoms with van der Waals surface area (Å²) < 4.78 is 30.4. The number of carbonyl (C=O) groups is 1.